The first-order valence-electron chi connectivity index (χ1n) is 15.7. The molecular weight excluding hydrogens is 573 g/mol. The van der Waals surface area contributed by atoms with Crippen molar-refractivity contribution in [3.8, 4) is 67.5 Å². The number of nitrogens with zero attached hydrogens (tertiary/aromatic N) is 4. The third kappa shape index (κ3) is 4.99. The van der Waals surface area contributed by atoms with Crippen LogP contribution >= 0.6 is 0 Å². The Labute approximate surface area is 274 Å². The minimum absolute atomic E-state index is 0.185. The average molecular weight is 603 g/mol. The number of fused-ring (bicyclic) bond motifs is 3. The van der Waals surface area contributed by atoms with Gasteiger partial charge in [-0.05, 0) is 50.6 Å². The Balaban J connectivity index is 1.16. The van der Waals surface area contributed by atoms with E-state index in [2.05, 4.69) is 116 Å². The molecule has 6 aromatic carbocycles. The molecule has 0 radical (unpaired) electrons. The molecule has 0 saturated carbocycles. The van der Waals surface area contributed by atoms with Crippen molar-refractivity contribution >= 4 is 5.69 Å². The second-order valence-electron chi connectivity index (χ2n) is 12.4. The van der Waals surface area contributed by atoms with Crippen LogP contribution in [0.15, 0.2) is 146 Å². The van der Waals surface area contributed by atoms with E-state index in [9.17, 15) is 0 Å². The summed E-state index contributed by atoms with van der Waals surface area (Å²) in [4.78, 5) is 18.6. The summed E-state index contributed by atoms with van der Waals surface area (Å²) >= 11 is 0. The predicted octanol–water partition coefficient (Wildman–Crippen LogP) is 11.1. The van der Waals surface area contributed by atoms with Crippen molar-refractivity contribution in [2.24, 2.45) is 0 Å². The van der Waals surface area contributed by atoms with Crippen LogP contribution in [-0.4, -0.2) is 15.0 Å². The fourth-order valence-electron chi connectivity index (χ4n) is 6.65. The van der Waals surface area contributed by atoms with Gasteiger partial charge in [-0.3, -0.25) is 0 Å². The number of benzene rings is 6. The Morgan fingerprint density at radius 2 is 0.894 bits per heavy atom. The fourth-order valence-corrected chi connectivity index (χ4v) is 6.65. The number of rotatable bonds is 5. The minimum atomic E-state index is -0.185. The maximum absolute atomic E-state index is 7.73. The van der Waals surface area contributed by atoms with Crippen LogP contribution in [-0.2, 0) is 5.41 Å². The van der Waals surface area contributed by atoms with Gasteiger partial charge in [-0.1, -0.05) is 153 Å². The van der Waals surface area contributed by atoms with Crippen LogP contribution in [0.3, 0.4) is 0 Å². The molecule has 1 aromatic heterocycles. The van der Waals surface area contributed by atoms with Gasteiger partial charge in [0.15, 0.2) is 23.2 Å². The van der Waals surface area contributed by atoms with E-state index in [0.29, 0.717) is 23.2 Å². The zero-order valence-corrected chi connectivity index (χ0v) is 26.1. The average Bonchev–Trinajstić information content (AvgIpc) is 3.38. The molecule has 0 amide bonds. The van der Waals surface area contributed by atoms with Crippen molar-refractivity contribution in [1.82, 2.24) is 15.0 Å². The van der Waals surface area contributed by atoms with Crippen LogP contribution in [0.2, 0.25) is 0 Å². The molecule has 0 fully saturated rings. The Bertz CT molecular complexity index is 2300. The number of hydrogen-bond acceptors (Lipinski definition) is 3. The van der Waals surface area contributed by atoms with Crippen LogP contribution in [0.1, 0.15) is 25.0 Å². The van der Waals surface area contributed by atoms with Crippen molar-refractivity contribution < 1.29 is 0 Å². The lowest BCUT2D eigenvalue weighted by atomic mass is 9.81. The summed E-state index contributed by atoms with van der Waals surface area (Å²) in [5.74, 6) is 1.91. The van der Waals surface area contributed by atoms with Crippen LogP contribution < -0.4 is 0 Å². The first kappa shape index (κ1) is 28.3. The molecular formula is C43H30N4. The van der Waals surface area contributed by atoms with Gasteiger partial charge in [0.25, 0.3) is 0 Å². The van der Waals surface area contributed by atoms with Gasteiger partial charge >= 0.3 is 0 Å². The van der Waals surface area contributed by atoms with Gasteiger partial charge in [0.2, 0.25) is 0 Å². The molecule has 8 rings (SSSR count). The van der Waals surface area contributed by atoms with E-state index in [-0.39, 0.29) is 5.41 Å². The van der Waals surface area contributed by atoms with Gasteiger partial charge in [0.1, 0.15) is 0 Å². The Morgan fingerprint density at radius 1 is 0.447 bits per heavy atom. The Hall–Kier alpha value is -6.18. The third-order valence-electron chi connectivity index (χ3n) is 9.19. The second-order valence-corrected chi connectivity index (χ2v) is 12.4. The molecule has 0 N–H and O–H groups in total. The molecule has 1 heterocycles. The summed E-state index contributed by atoms with van der Waals surface area (Å²) in [7, 11) is 0. The maximum atomic E-state index is 7.73. The Morgan fingerprint density at radius 3 is 1.45 bits per heavy atom. The van der Waals surface area contributed by atoms with Gasteiger partial charge < -0.3 is 0 Å². The highest BCUT2D eigenvalue weighted by molar-refractivity contribution is 5.91. The molecule has 1 aliphatic rings. The smallest absolute Gasteiger partial charge is 0.195 e. The summed E-state index contributed by atoms with van der Waals surface area (Å²) in [6, 6.07) is 49.9. The van der Waals surface area contributed by atoms with E-state index < -0.39 is 0 Å². The van der Waals surface area contributed by atoms with Crippen molar-refractivity contribution in [3.05, 3.63) is 168 Å². The maximum Gasteiger partial charge on any atom is 0.195 e. The highest BCUT2D eigenvalue weighted by Crippen LogP contribution is 2.53. The van der Waals surface area contributed by atoms with E-state index in [1.165, 1.54) is 16.7 Å². The molecule has 0 bridgehead atoms. The highest BCUT2D eigenvalue weighted by atomic mass is 15.0. The number of hydrogen-bond donors (Lipinski definition) is 0. The molecule has 4 heteroatoms. The Kier molecular flexibility index (Phi) is 6.82. The van der Waals surface area contributed by atoms with Crippen molar-refractivity contribution in [2.45, 2.75) is 19.3 Å². The van der Waals surface area contributed by atoms with E-state index >= 15 is 0 Å². The summed E-state index contributed by atoms with van der Waals surface area (Å²) in [5, 5.41) is 0. The van der Waals surface area contributed by atoms with E-state index in [4.69, 9.17) is 21.5 Å². The third-order valence-corrected chi connectivity index (χ3v) is 9.19. The lowest BCUT2D eigenvalue weighted by Crippen LogP contribution is -2.14. The molecule has 1 aliphatic carbocycles. The molecule has 0 atom stereocenters. The summed E-state index contributed by atoms with van der Waals surface area (Å²) in [5.41, 5.74) is 12.6. The summed E-state index contributed by atoms with van der Waals surface area (Å²) < 4.78 is 0. The molecule has 0 aliphatic heterocycles. The monoisotopic (exact) mass is 602 g/mol. The van der Waals surface area contributed by atoms with Gasteiger partial charge in [-0.15, -0.1) is 0 Å². The second kappa shape index (κ2) is 11.3. The predicted molar refractivity (Wildman–Crippen MR) is 191 cm³/mol. The van der Waals surface area contributed by atoms with Crippen LogP contribution in [0.5, 0.6) is 0 Å². The molecule has 7 aromatic rings. The molecule has 0 unspecified atom stereocenters. The summed E-state index contributed by atoms with van der Waals surface area (Å²) in [6.07, 6.45) is 0. The lowest BCUT2D eigenvalue weighted by molar-refractivity contribution is 0.661. The van der Waals surface area contributed by atoms with Gasteiger partial charge in [0.05, 0.1) is 6.57 Å². The summed E-state index contributed by atoms with van der Waals surface area (Å²) in [6.45, 7) is 12.2. The molecule has 4 nitrogen and oxygen atoms in total. The van der Waals surface area contributed by atoms with E-state index in [1.807, 2.05) is 48.5 Å². The van der Waals surface area contributed by atoms with E-state index in [1.54, 1.807) is 0 Å². The molecule has 0 spiro atoms. The standard InChI is InChI=1S/C43H30N4/c1-43(2)36-15-10-16-38(44-3)39(36)35-26-25-34(27-37(35)43)30-19-23-33(24-20-30)42-46-40(31-13-8-5-9-14-31)45-41(47-42)32-21-17-29(18-22-32)28-11-6-4-7-12-28/h4-27H,1-2H3. The SMILES string of the molecule is [C-]#[N+]c1cccc2c1-c1ccc(-c3ccc(-c4nc(-c5ccccc5)nc(-c5ccc(-c6ccccc6)cc5)n4)cc3)cc1C2(C)C. The van der Waals surface area contributed by atoms with Gasteiger partial charge in [0, 0.05) is 22.1 Å². The van der Waals surface area contributed by atoms with E-state index in [0.717, 1.165) is 44.5 Å². The van der Waals surface area contributed by atoms with Crippen LogP contribution in [0.25, 0.3) is 72.4 Å². The minimum Gasteiger partial charge on any atom is -0.238 e. The normalized spacial score (nSPS) is 12.6. The topological polar surface area (TPSA) is 43.0 Å². The highest BCUT2D eigenvalue weighted by Gasteiger charge is 2.36. The largest absolute Gasteiger partial charge is 0.238 e. The zero-order valence-electron chi connectivity index (χ0n) is 26.1. The lowest BCUT2D eigenvalue weighted by Gasteiger charge is -2.22. The van der Waals surface area contributed by atoms with Crippen molar-refractivity contribution in [1.29, 1.82) is 0 Å². The molecule has 47 heavy (non-hydrogen) atoms. The van der Waals surface area contributed by atoms with Crippen molar-refractivity contribution in [2.75, 3.05) is 0 Å². The first-order valence-corrected chi connectivity index (χ1v) is 15.7. The van der Waals surface area contributed by atoms with Gasteiger partial charge in [-0.25, -0.2) is 19.8 Å². The zero-order chi connectivity index (χ0) is 32.0. The molecule has 0 saturated heterocycles. The number of aromatic nitrogens is 3. The van der Waals surface area contributed by atoms with Crippen LogP contribution in [0.4, 0.5) is 5.69 Å². The first-order chi connectivity index (χ1) is 23.0. The van der Waals surface area contributed by atoms with Gasteiger partial charge in [-0.2, -0.15) is 0 Å². The quantitative estimate of drug-likeness (QED) is 0.184. The van der Waals surface area contributed by atoms with Crippen LogP contribution in [0, 0.1) is 6.57 Å². The molecule has 222 valence electrons. The van der Waals surface area contributed by atoms with Crippen molar-refractivity contribution in [3.63, 3.8) is 0 Å². The fraction of sp³-hybridized carbons (Fsp3) is 0.0698.